The normalized spacial score (nSPS) is 8.82. The fourth-order valence-corrected chi connectivity index (χ4v) is 0.664. The van der Waals surface area contributed by atoms with Crippen LogP contribution in [0.25, 0.3) is 5.53 Å². The lowest BCUT2D eigenvalue weighted by atomic mass is 10.6. The van der Waals surface area contributed by atoms with Crippen molar-refractivity contribution in [3.8, 4) is 0 Å². The molecule has 0 saturated carbocycles. The number of nitrogen functional groups attached to an aromatic ring is 1. The van der Waals surface area contributed by atoms with E-state index in [0.717, 1.165) is 6.21 Å². The van der Waals surface area contributed by atoms with Gasteiger partial charge in [0.15, 0.2) is 0 Å². The quantitative estimate of drug-likeness (QED) is 0.357. The van der Waals surface area contributed by atoms with Crippen molar-refractivity contribution in [1.29, 1.82) is 0 Å². The maximum Gasteiger partial charge on any atom is 0.325 e. The monoisotopic (exact) mass is 170 g/mol. The Morgan fingerprint density at radius 1 is 1.45 bits per heavy atom. The van der Waals surface area contributed by atoms with Crippen LogP contribution < -0.4 is 5.73 Å². The van der Waals surface area contributed by atoms with Crippen LogP contribution in [-0.4, -0.2) is 26.0 Å². The third-order valence-corrected chi connectivity index (χ3v) is 0.985. The Labute approximate surface area is 66.7 Å². The molecule has 1 heterocycles. The molecule has 0 aromatic carbocycles. The molecule has 0 radical (unpaired) electrons. The number of halogens is 1. The highest BCUT2D eigenvalue weighted by Crippen LogP contribution is 2.00. The van der Waals surface area contributed by atoms with E-state index in [9.17, 15) is 0 Å². The highest BCUT2D eigenvalue weighted by molar-refractivity contribution is 6.28. The molecule has 0 atom stereocenters. The Balaban J connectivity index is 3.18. The maximum atomic E-state index is 8.09. The SMILES string of the molecule is [N-]=[N+]=Cc1nc(N)nc(Cl)n1. The van der Waals surface area contributed by atoms with E-state index < -0.39 is 0 Å². The average Bonchev–Trinajstić information content (AvgIpc) is 1.85. The van der Waals surface area contributed by atoms with Gasteiger partial charge in [-0.05, 0) is 11.6 Å². The average molecular weight is 171 g/mol. The molecule has 1 aromatic heterocycles. The van der Waals surface area contributed by atoms with Crippen LogP contribution in [0.15, 0.2) is 0 Å². The number of hydrogen-bond acceptors (Lipinski definition) is 4. The molecule has 6 nitrogen and oxygen atoms in total. The van der Waals surface area contributed by atoms with E-state index >= 15 is 0 Å². The predicted octanol–water partition coefficient (Wildman–Crippen LogP) is -0.244. The molecular weight excluding hydrogens is 168 g/mol. The molecule has 56 valence electrons. The van der Waals surface area contributed by atoms with Crippen molar-refractivity contribution < 1.29 is 4.79 Å². The van der Waals surface area contributed by atoms with E-state index in [1.807, 2.05) is 0 Å². The van der Waals surface area contributed by atoms with Gasteiger partial charge in [0.1, 0.15) is 0 Å². The molecule has 0 aliphatic rings. The summed E-state index contributed by atoms with van der Waals surface area (Å²) in [6, 6.07) is 0. The minimum atomic E-state index is -0.0348. The molecule has 0 unspecified atom stereocenters. The van der Waals surface area contributed by atoms with Crippen LogP contribution >= 0.6 is 11.6 Å². The van der Waals surface area contributed by atoms with E-state index in [4.69, 9.17) is 22.9 Å². The summed E-state index contributed by atoms with van der Waals surface area (Å²) in [5, 5.41) is -0.0348. The lowest BCUT2D eigenvalue weighted by molar-refractivity contribution is 0.00393. The number of aromatic nitrogens is 3. The van der Waals surface area contributed by atoms with Crippen molar-refractivity contribution in [3.05, 3.63) is 16.6 Å². The highest BCUT2D eigenvalue weighted by Gasteiger charge is 2.01. The third-order valence-electron chi connectivity index (χ3n) is 0.816. The van der Waals surface area contributed by atoms with E-state index in [1.54, 1.807) is 0 Å². The molecule has 11 heavy (non-hydrogen) atoms. The van der Waals surface area contributed by atoms with Crippen molar-refractivity contribution >= 4 is 23.8 Å². The van der Waals surface area contributed by atoms with Crippen LogP contribution in [0.1, 0.15) is 5.82 Å². The topological polar surface area (TPSA) is 101 Å². The molecule has 1 rings (SSSR count). The zero-order chi connectivity index (χ0) is 8.27. The maximum absolute atomic E-state index is 8.09. The van der Waals surface area contributed by atoms with Crippen molar-refractivity contribution in [3.63, 3.8) is 0 Å². The first kappa shape index (κ1) is 7.59. The zero-order valence-electron chi connectivity index (χ0n) is 5.27. The smallest absolute Gasteiger partial charge is 0.325 e. The van der Waals surface area contributed by atoms with Crippen LogP contribution in [-0.2, 0) is 0 Å². The zero-order valence-corrected chi connectivity index (χ0v) is 6.02. The summed E-state index contributed by atoms with van der Waals surface area (Å²) in [7, 11) is 0. The second kappa shape index (κ2) is 3.05. The van der Waals surface area contributed by atoms with Crippen molar-refractivity contribution in [2.45, 2.75) is 0 Å². The summed E-state index contributed by atoms with van der Waals surface area (Å²) in [5.41, 5.74) is 13.3. The molecule has 2 N–H and O–H groups in total. The van der Waals surface area contributed by atoms with E-state index in [-0.39, 0.29) is 17.1 Å². The number of nitrogens with two attached hydrogens (primary N) is 1. The number of rotatable bonds is 1. The summed E-state index contributed by atoms with van der Waals surface area (Å²) in [5.74, 6) is 0.102. The van der Waals surface area contributed by atoms with Crippen molar-refractivity contribution in [2.75, 3.05) is 5.73 Å². The van der Waals surface area contributed by atoms with Gasteiger partial charge in [-0.2, -0.15) is 19.7 Å². The van der Waals surface area contributed by atoms with Gasteiger partial charge in [0.2, 0.25) is 17.1 Å². The van der Waals surface area contributed by atoms with Crippen LogP contribution in [0.4, 0.5) is 5.95 Å². The Morgan fingerprint density at radius 2 is 2.18 bits per heavy atom. The Hall–Kier alpha value is -1.52. The van der Waals surface area contributed by atoms with Crippen molar-refractivity contribution in [2.24, 2.45) is 0 Å². The first-order valence-electron chi connectivity index (χ1n) is 2.57. The number of hydrogen-bond donors (Lipinski definition) is 1. The summed E-state index contributed by atoms with van der Waals surface area (Å²) >= 11 is 5.40. The number of anilines is 1. The Bertz CT molecular complexity index is 296. The summed E-state index contributed by atoms with van der Waals surface area (Å²) in [6.07, 6.45) is 1.00. The largest absolute Gasteiger partial charge is 0.368 e. The van der Waals surface area contributed by atoms with Crippen molar-refractivity contribution in [1.82, 2.24) is 15.0 Å². The molecular formula is C4H3ClN6. The van der Waals surface area contributed by atoms with Gasteiger partial charge in [-0.1, -0.05) is 0 Å². The van der Waals surface area contributed by atoms with E-state index in [2.05, 4.69) is 19.7 Å². The molecule has 0 spiro atoms. The van der Waals surface area contributed by atoms with Crippen LogP contribution in [0.3, 0.4) is 0 Å². The van der Waals surface area contributed by atoms with Crippen LogP contribution in [0, 0.1) is 0 Å². The fourth-order valence-electron chi connectivity index (χ4n) is 0.491. The Kier molecular flexibility index (Phi) is 2.10. The highest BCUT2D eigenvalue weighted by atomic mass is 35.5. The molecule has 0 saturated heterocycles. The minimum Gasteiger partial charge on any atom is -0.368 e. The van der Waals surface area contributed by atoms with Gasteiger partial charge >= 0.3 is 6.21 Å². The van der Waals surface area contributed by atoms with Gasteiger partial charge in [-0.15, -0.1) is 0 Å². The second-order valence-corrected chi connectivity index (χ2v) is 1.90. The molecule has 0 fully saturated rings. The minimum absolute atomic E-state index is 0.0140. The third kappa shape index (κ3) is 1.96. The summed E-state index contributed by atoms with van der Waals surface area (Å²) < 4.78 is 0. The molecule has 7 heteroatoms. The van der Waals surface area contributed by atoms with Crippen LogP contribution in [0.5, 0.6) is 0 Å². The first-order chi connectivity index (χ1) is 5.22. The van der Waals surface area contributed by atoms with E-state index in [1.165, 1.54) is 0 Å². The van der Waals surface area contributed by atoms with Gasteiger partial charge < -0.3 is 11.3 Å². The van der Waals surface area contributed by atoms with E-state index in [0.29, 0.717) is 0 Å². The number of nitrogens with zero attached hydrogens (tertiary/aromatic N) is 5. The fraction of sp³-hybridized carbons (Fsp3) is 0. The summed E-state index contributed by atoms with van der Waals surface area (Å²) in [6.45, 7) is 0. The predicted molar refractivity (Wildman–Crippen MR) is 38.0 cm³/mol. The molecule has 0 aliphatic heterocycles. The molecule has 0 bridgehead atoms. The lowest BCUT2D eigenvalue weighted by Gasteiger charge is -1.90. The van der Waals surface area contributed by atoms with Gasteiger partial charge in [0.25, 0.3) is 0 Å². The summed E-state index contributed by atoms with van der Waals surface area (Å²) in [4.78, 5) is 13.4. The lowest BCUT2D eigenvalue weighted by Crippen LogP contribution is -2.02. The first-order valence-corrected chi connectivity index (χ1v) is 2.94. The second-order valence-electron chi connectivity index (χ2n) is 1.57. The van der Waals surface area contributed by atoms with Gasteiger partial charge in [0.05, 0.1) is 0 Å². The van der Waals surface area contributed by atoms with Crippen LogP contribution in [0.2, 0.25) is 5.28 Å². The molecule has 1 aromatic rings. The van der Waals surface area contributed by atoms with Gasteiger partial charge in [-0.3, -0.25) is 0 Å². The standard InChI is InChI=1S/C4H3ClN6/c5-3-9-2(1-8-7)10-4(6)11-3/h1H,(H2,6,9,10,11). The Morgan fingerprint density at radius 3 is 2.73 bits per heavy atom. The molecule has 0 amide bonds. The van der Waals surface area contributed by atoms with Gasteiger partial charge in [0, 0.05) is 0 Å². The van der Waals surface area contributed by atoms with Gasteiger partial charge in [-0.25, -0.2) is 0 Å². The molecule has 0 aliphatic carbocycles.